The fourth-order valence-electron chi connectivity index (χ4n) is 2.53. The first-order chi connectivity index (χ1) is 10.2. The Labute approximate surface area is 122 Å². The van der Waals surface area contributed by atoms with Crippen molar-refractivity contribution in [2.24, 2.45) is 5.92 Å². The lowest BCUT2D eigenvalue weighted by molar-refractivity contribution is 0.0728. The minimum Gasteiger partial charge on any atom is -0.441 e. The Bertz CT molecular complexity index is 652. The molecule has 1 aromatic carbocycles. The molecule has 6 nitrogen and oxygen atoms in total. The van der Waals surface area contributed by atoms with Gasteiger partial charge in [0.15, 0.2) is 11.5 Å². The van der Waals surface area contributed by atoms with Crippen LogP contribution < -0.4 is 0 Å². The molecule has 3 rings (SSSR count). The number of nitrogens with zero attached hydrogens (tertiary/aromatic N) is 2. The second-order valence-electron chi connectivity index (χ2n) is 5.29. The largest absolute Gasteiger partial charge is 0.441 e. The van der Waals surface area contributed by atoms with Gasteiger partial charge in [0.1, 0.15) is 5.52 Å². The van der Waals surface area contributed by atoms with Crippen LogP contribution >= 0.6 is 0 Å². The van der Waals surface area contributed by atoms with Crippen LogP contribution in [-0.2, 0) is 4.74 Å². The quantitative estimate of drug-likeness (QED) is 0.900. The first-order valence-electron chi connectivity index (χ1n) is 7.02. The van der Waals surface area contributed by atoms with Crippen LogP contribution in [-0.4, -0.2) is 53.8 Å². The van der Waals surface area contributed by atoms with Crippen LogP contribution in [0, 0.1) is 12.8 Å². The molecule has 1 fully saturated rings. The molecule has 112 valence electrons. The van der Waals surface area contributed by atoms with Gasteiger partial charge in [-0.15, -0.1) is 0 Å². The Morgan fingerprint density at radius 3 is 3.19 bits per heavy atom. The van der Waals surface area contributed by atoms with Gasteiger partial charge in [-0.25, -0.2) is 4.98 Å². The lowest BCUT2D eigenvalue weighted by Gasteiger charge is -2.22. The SMILES string of the molecule is Cc1nc2ccc(C(=O)N3CCOC[C@@H](CO)C3)cc2o1. The lowest BCUT2D eigenvalue weighted by Crippen LogP contribution is -2.36. The molecule has 1 amide bonds. The Morgan fingerprint density at radius 1 is 1.52 bits per heavy atom. The van der Waals surface area contributed by atoms with E-state index in [1.165, 1.54) is 0 Å². The van der Waals surface area contributed by atoms with E-state index in [9.17, 15) is 9.90 Å². The molecule has 2 heterocycles. The number of fused-ring (bicyclic) bond motifs is 1. The van der Waals surface area contributed by atoms with Crippen molar-refractivity contribution in [3.63, 3.8) is 0 Å². The number of aromatic nitrogens is 1. The van der Waals surface area contributed by atoms with Gasteiger partial charge in [-0.3, -0.25) is 4.79 Å². The summed E-state index contributed by atoms with van der Waals surface area (Å²) in [5.74, 6) is 0.473. The van der Waals surface area contributed by atoms with Gasteiger partial charge < -0.3 is 19.2 Å². The highest BCUT2D eigenvalue weighted by atomic mass is 16.5. The van der Waals surface area contributed by atoms with Crippen LogP contribution in [0.4, 0.5) is 0 Å². The lowest BCUT2D eigenvalue weighted by atomic mass is 10.1. The fraction of sp³-hybridized carbons (Fsp3) is 0.467. The van der Waals surface area contributed by atoms with Crippen molar-refractivity contribution in [2.75, 3.05) is 32.9 Å². The predicted molar refractivity (Wildman–Crippen MR) is 76.0 cm³/mol. The second-order valence-corrected chi connectivity index (χ2v) is 5.29. The zero-order chi connectivity index (χ0) is 14.8. The first-order valence-corrected chi connectivity index (χ1v) is 7.02. The summed E-state index contributed by atoms with van der Waals surface area (Å²) >= 11 is 0. The van der Waals surface area contributed by atoms with Gasteiger partial charge in [-0.2, -0.15) is 0 Å². The van der Waals surface area contributed by atoms with E-state index in [-0.39, 0.29) is 18.4 Å². The molecule has 1 N–H and O–H groups in total. The number of benzene rings is 1. The fourth-order valence-corrected chi connectivity index (χ4v) is 2.53. The maximum Gasteiger partial charge on any atom is 0.254 e. The monoisotopic (exact) mass is 290 g/mol. The molecule has 0 spiro atoms. The van der Waals surface area contributed by atoms with Crippen LogP contribution in [0.1, 0.15) is 16.2 Å². The molecule has 1 aromatic heterocycles. The highest BCUT2D eigenvalue weighted by molar-refractivity contribution is 5.97. The van der Waals surface area contributed by atoms with E-state index in [0.29, 0.717) is 43.3 Å². The van der Waals surface area contributed by atoms with Crippen LogP contribution in [0.5, 0.6) is 0 Å². The summed E-state index contributed by atoms with van der Waals surface area (Å²) in [5.41, 5.74) is 1.93. The normalized spacial score (nSPS) is 19.7. The van der Waals surface area contributed by atoms with Crippen LogP contribution in [0.2, 0.25) is 0 Å². The number of aliphatic hydroxyl groups is 1. The Morgan fingerprint density at radius 2 is 2.38 bits per heavy atom. The van der Waals surface area contributed by atoms with Crippen molar-refractivity contribution in [3.8, 4) is 0 Å². The van der Waals surface area contributed by atoms with Crippen molar-refractivity contribution < 1.29 is 19.1 Å². The molecule has 0 unspecified atom stereocenters. The van der Waals surface area contributed by atoms with Crippen molar-refractivity contribution in [1.29, 1.82) is 0 Å². The van der Waals surface area contributed by atoms with Gasteiger partial charge in [-0.1, -0.05) is 0 Å². The third-order valence-corrected chi connectivity index (χ3v) is 3.63. The molecule has 1 saturated heterocycles. The molecular weight excluding hydrogens is 272 g/mol. The molecule has 0 saturated carbocycles. The first kappa shape index (κ1) is 14.0. The number of oxazole rings is 1. The number of carbonyl (C=O) groups is 1. The summed E-state index contributed by atoms with van der Waals surface area (Å²) in [6.45, 7) is 3.81. The number of carbonyl (C=O) groups excluding carboxylic acids is 1. The van der Waals surface area contributed by atoms with E-state index >= 15 is 0 Å². The number of amides is 1. The van der Waals surface area contributed by atoms with E-state index in [1.807, 2.05) is 0 Å². The molecule has 2 aromatic rings. The zero-order valence-corrected chi connectivity index (χ0v) is 11.9. The van der Waals surface area contributed by atoms with Gasteiger partial charge in [-0.05, 0) is 18.2 Å². The maximum atomic E-state index is 12.6. The van der Waals surface area contributed by atoms with Crippen LogP contribution in [0.3, 0.4) is 0 Å². The van der Waals surface area contributed by atoms with Crippen molar-refractivity contribution in [2.45, 2.75) is 6.92 Å². The predicted octanol–water partition coefficient (Wildman–Crippen LogP) is 1.22. The average molecular weight is 290 g/mol. The molecule has 1 aliphatic rings. The number of aliphatic hydroxyl groups excluding tert-OH is 1. The molecule has 0 aliphatic carbocycles. The summed E-state index contributed by atoms with van der Waals surface area (Å²) < 4.78 is 10.9. The van der Waals surface area contributed by atoms with Gasteiger partial charge in [0.25, 0.3) is 5.91 Å². The average Bonchev–Trinajstić information content (AvgIpc) is 2.71. The molecule has 1 aliphatic heterocycles. The second kappa shape index (κ2) is 5.83. The minimum absolute atomic E-state index is 0.0180. The molecule has 6 heteroatoms. The van der Waals surface area contributed by atoms with E-state index in [0.717, 1.165) is 5.52 Å². The summed E-state index contributed by atoms with van der Waals surface area (Å²) in [5, 5.41) is 9.29. The van der Waals surface area contributed by atoms with Crippen molar-refractivity contribution >= 4 is 17.0 Å². The summed E-state index contributed by atoms with van der Waals surface area (Å²) in [4.78, 5) is 18.5. The third-order valence-electron chi connectivity index (χ3n) is 3.63. The highest BCUT2D eigenvalue weighted by Crippen LogP contribution is 2.19. The molecule has 21 heavy (non-hydrogen) atoms. The number of rotatable bonds is 2. The summed E-state index contributed by atoms with van der Waals surface area (Å²) in [6.07, 6.45) is 0. The standard InChI is InChI=1S/C15H18N2O4/c1-10-16-13-3-2-12(6-14(13)21-10)15(19)17-4-5-20-9-11(7-17)8-18/h2-3,6,11,18H,4-5,7-9H2,1H3/t11-/m1/s1. The summed E-state index contributed by atoms with van der Waals surface area (Å²) in [6, 6.07) is 5.26. The van der Waals surface area contributed by atoms with Crippen LogP contribution in [0.15, 0.2) is 22.6 Å². The molecule has 0 radical (unpaired) electrons. The van der Waals surface area contributed by atoms with Gasteiger partial charge >= 0.3 is 0 Å². The minimum atomic E-state index is -0.0742. The van der Waals surface area contributed by atoms with Crippen molar-refractivity contribution in [3.05, 3.63) is 29.7 Å². The van der Waals surface area contributed by atoms with Gasteiger partial charge in [0.05, 0.1) is 13.2 Å². The van der Waals surface area contributed by atoms with E-state index in [2.05, 4.69) is 4.98 Å². The molecule has 1 atom stereocenters. The number of hydrogen-bond donors (Lipinski definition) is 1. The van der Waals surface area contributed by atoms with Crippen molar-refractivity contribution in [1.82, 2.24) is 9.88 Å². The van der Waals surface area contributed by atoms with E-state index in [1.54, 1.807) is 30.0 Å². The van der Waals surface area contributed by atoms with Gasteiger partial charge in [0.2, 0.25) is 0 Å². The summed E-state index contributed by atoms with van der Waals surface area (Å²) in [7, 11) is 0. The highest BCUT2D eigenvalue weighted by Gasteiger charge is 2.23. The van der Waals surface area contributed by atoms with Crippen LogP contribution in [0.25, 0.3) is 11.1 Å². The zero-order valence-electron chi connectivity index (χ0n) is 11.9. The van der Waals surface area contributed by atoms with E-state index in [4.69, 9.17) is 9.15 Å². The smallest absolute Gasteiger partial charge is 0.254 e. The topological polar surface area (TPSA) is 75.8 Å². The van der Waals surface area contributed by atoms with E-state index < -0.39 is 0 Å². The van der Waals surface area contributed by atoms with Gasteiger partial charge in [0, 0.05) is 38.1 Å². The number of aryl methyl sites for hydroxylation is 1. The Balaban J connectivity index is 1.84. The molecular formula is C15H18N2O4. The number of hydrogen-bond acceptors (Lipinski definition) is 5. The number of ether oxygens (including phenoxy) is 1. The Kier molecular flexibility index (Phi) is 3.90. The third kappa shape index (κ3) is 2.91. The Hall–Kier alpha value is -1.92. The maximum absolute atomic E-state index is 12.6. The molecule has 0 bridgehead atoms.